The van der Waals surface area contributed by atoms with Crippen molar-refractivity contribution in [2.24, 2.45) is 0 Å². The molecule has 0 bridgehead atoms. The highest BCUT2D eigenvalue weighted by atomic mass is 32.1. The first-order valence-electron chi connectivity index (χ1n) is 9.06. The van der Waals surface area contributed by atoms with Gasteiger partial charge in [-0.3, -0.25) is 24.7 Å². The van der Waals surface area contributed by atoms with Gasteiger partial charge in [0.2, 0.25) is 5.91 Å². The summed E-state index contributed by atoms with van der Waals surface area (Å²) in [5, 5.41) is 18.8. The molecule has 2 amide bonds. The Hall–Kier alpha value is -3.66. The average Bonchev–Trinajstić information content (AvgIpc) is 3.25. The van der Waals surface area contributed by atoms with E-state index in [1.54, 1.807) is 26.2 Å². The largest absolute Gasteiger partial charge is 0.345 e. The van der Waals surface area contributed by atoms with Crippen LogP contribution in [-0.4, -0.2) is 32.7 Å². The lowest BCUT2D eigenvalue weighted by Crippen LogP contribution is -2.45. The summed E-state index contributed by atoms with van der Waals surface area (Å²) in [6.07, 6.45) is 3.40. The molecule has 154 valence electrons. The minimum Gasteiger partial charge on any atom is -0.345 e. The molecule has 2 unspecified atom stereocenters. The number of non-ortho nitro benzene ring substituents is 1. The van der Waals surface area contributed by atoms with Crippen molar-refractivity contribution >= 4 is 28.8 Å². The number of rotatable bonds is 7. The van der Waals surface area contributed by atoms with Crippen molar-refractivity contribution in [1.29, 1.82) is 0 Å². The van der Waals surface area contributed by atoms with Gasteiger partial charge in [-0.2, -0.15) is 0 Å². The van der Waals surface area contributed by atoms with Gasteiger partial charge < -0.3 is 10.6 Å². The van der Waals surface area contributed by atoms with E-state index in [1.165, 1.54) is 29.5 Å². The standard InChI is InChI=1S/C20H19N5O4S/c1-12(22-19(27)14-5-3-7-16(9-14)25(28)29)18(26)23-13(2)20-24-17(11-30-20)15-6-4-8-21-10-15/h3-13H,1-2H3,(H,22,27)(H,23,26). The third kappa shape index (κ3) is 5.03. The molecule has 0 saturated carbocycles. The summed E-state index contributed by atoms with van der Waals surface area (Å²) in [6, 6.07) is 7.86. The molecule has 3 aromatic rings. The highest BCUT2D eigenvalue weighted by Gasteiger charge is 2.21. The van der Waals surface area contributed by atoms with Crippen LogP contribution < -0.4 is 10.6 Å². The number of amides is 2. The van der Waals surface area contributed by atoms with Gasteiger partial charge in [0.05, 0.1) is 16.7 Å². The number of hydrogen-bond acceptors (Lipinski definition) is 7. The van der Waals surface area contributed by atoms with Gasteiger partial charge in [0.15, 0.2) is 0 Å². The maximum Gasteiger partial charge on any atom is 0.270 e. The number of hydrogen-bond donors (Lipinski definition) is 2. The van der Waals surface area contributed by atoms with Gasteiger partial charge in [0, 0.05) is 41.0 Å². The number of pyridine rings is 1. The molecule has 0 saturated heterocycles. The third-order valence-electron chi connectivity index (χ3n) is 4.27. The molecule has 2 aromatic heterocycles. The van der Waals surface area contributed by atoms with Gasteiger partial charge in [0.1, 0.15) is 11.0 Å². The van der Waals surface area contributed by atoms with Crippen molar-refractivity contribution in [2.45, 2.75) is 25.9 Å². The first-order valence-corrected chi connectivity index (χ1v) is 9.94. The molecule has 10 heteroatoms. The molecular formula is C20H19N5O4S. The van der Waals surface area contributed by atoms with E-state index in [2.05, 4.69) is 20.6 Å². The van der Waals surface area contributed by atoms with Gasteiger partial charge in [-0.05, 0) is 32.0 Å². The second-order valence-electron chi connectivity index (χ2n) is 6.55. The van der Waals surface area contributed by atoms with Crippen LogP contribution in [0.2, 0.25) is 0 Å². The maximum atomic E-state index is 12.5. The second kappa shape index (κ2) is 9.23. The summed E-state index contributed by atoms with van der Waals surface area (Å²) in [7, 11) is 0. The van der Waals surface area contributed by atoms with E-state index in [0.717, 1.165) is 22.3 Å². The molecule has 2 N–H and O–H groups in total. The van der Waals surface area contributed by atoms with Crippen molar-refractivity contribution in [3.63, 3.8) is 0 Å². The van der Waals surface area contributed by atoms with Crippen LogP contribution in [-0.2, 0) is 4.79 Å². The summed E-state index contributed by atoms with van der Waals surface area (Å²) in [5.41, 5.74) is 1.58. The topological polar surface area (TPSA) is 127 Å². The molecule has 2 heterocycles. The van der Waals surface area contributed by atoms with Gasteiger partial charge in [-0.1, -0.05) is 6.07 Å². The molecule has 30 heavy (non-hydrogen) atoms. The van der Waals surface area contributed by atoms with E-state index in [1.807, 2.05) is 17.5 Å². The van der Waals surface area contributed by atoms with Crippen molar-refractivity contribution < 1.29 is 14.5 Å². The smallest absolute Gasteiger partial charge is 0.270 e. The number of carbonyl (C=O) groups is 2. The van der Waals surface area contributed by atoms with E-state index >= 15 is 0 Å². The predicted molar refractivity (Wildman–Crippen MR) is 112 cm³/mol. The van der Waals surface area contributed by atoms with Crippen molar-refractivity contribution in [2.75, 3.05) is 0 Å². The lowest BCUT2D eigenvalue weighted by molar-refractivity contribution is -0.384. The Kier molecular flexibility index (Phi) is 6.48. The van der Waals surface area contributed by atoms with E-state index in [9.17, 15) is 19.7 Å². The SMILES string of the molecule is CC(NC(=O)c1cccc([N+](=O)[O-])c1)C(=O)NC(C)c1nc(-c2cccnc2)cs1. The zero-order valence-electron chi connectivity index (χ0n) is 16.2. The Bertz CT molecular complexity index is 1070. The van der Waals surface area contributed by atoms with Crippen molar-refractivity contribution in [3.8, 4) is 11.3 Å². The number of thiazole rings is 1. The van der Waals surface area contributed by atoms with Gasteiger partial charge in [-0.25, -0.2) is 4.98 Å². The Balaban J connectivity index is 1.60. The third-order valence-corrected chi connectivity index (χ3v) is 5.30. The fourth-order valence-corrected chi connectivity index (χ4v) is 3.47. The van der Waals surface area contributed by atoms with Crippen LogP contribution in [0.4, 0.5) is 5.69 Å². The molecule has 0 aliphatic carbocycles. The summed E-state index contributed by atoms with van der Waals surface area (Å²) in [6.45, 7) is 3.35. The quantitative estimate of drug-likeness (QED) is 0.442. The zero-order valence-corrected chi connectivity index (χ0v) is 17.1. The highest BCUT2D eigenvalue weighted by molar-refractivity contribution is 7.10. The summed E-state index contributed by atoms with van der Waals surface area (Å²) >= 11 is 1.42. The fraction of sp³-hybridized carbons (Fsp3) is 0.200. The normalized spacial score (nSPS) is 12.6. The number of nitrogens with one attached hydrogen (secondary N) is 2. The summed E-state index contributed by atoms with van der Waals surface area (Å²) in [5.74, 6) is -0.957. The number of aromatic nitrogens is 2. The lowest BCUT2D eigenvalue weighted by atomic mass is 10.1. The lowest BCUT2D eigenvalue weighted by Gasteiger charge is -2.17. The molecular weight excluding hydrogens is 406 g/mol. The zero-order chi connectivity index (χ0) is 21.7. The Morgan fingerprint density at radius 3 is 2.67 bits per heavy atom. The van der Waals surface area contributed by atoms with E-state index < -0.39 is 16.9 Å². The number of nitro groups is 1. The predicted octanol–water partition coefficient (Wildman–Crippen LogP) is 3.11. The monoisotopic (exact) mass is 425 g/mol. The van der Waals surface area contributed by atoms with Crippen molar-refractivity contribution in [3.05, 3.63) is 74.9 Å². The molecule has 3 rings (SSSR count). The van der Waals surface area contributed by atoms with Crippen LogP contribution in [0.1, 0.15) is 35.3 Å². The number of nitro benzene ring substituents is 1. The number of nitrogens with zero attached hydrogens (tertiary/aromatic N) is 3. The molecule has 0 aliphatic rings. The highest BCUT2D eigenvalue weighted by Crippen LogP contribution is 2.24. The maximum absolute atomic E-state index is 12.5. The Labute approximate surface area is 176 Å². The average molecular weight is 425 g/mol. The fourth-order valence-electron chi connectivity index (χ4n) is 2.64. The molecule has 9 nitrogen and oxygen atoms in total. The van der Waals surface area contributed by atoms with Gasteiger partial charge in [0.25, 0.3) is 11.6 Å². The van der Waals surface area contributed by atoms with Crippen LogP contribution in [0.5, 0.6) is 0 Å². The Morgan fingerprint density at radius 2 is 1.97 bits per heavy atom. The van der Waals surface area contributed by atoms with Crippen molar-refractivity contribution in [1.82, 2.24) is 20.6 Å². The second-order valence-corrected chi connectivity index (χ2v) is 7.44. The minimum absolute atomic E-state index is 0.109. The molecule has 0 radical (unpaired) electrons. The molecule has 0 fully saturated rings. The molecule has 0 aliphatic heterocycles. The molecule has 2 atom stereocenters. The van der Waals surface area contributed by atoms with Gasteiger partial charge >= 0.3 is 0 Å². The van der Waals surface area contributed by atoms with Crippen LogP contribution in [0.25, 0.3) is 11.3 Å². The van der Waals surface area contributed by atoms with E-state index in [4.69, 9.17) is 0 Å². The first-order chi connectivity index (χ1) is 14.3. The van der Waals surface area contributed by atoms with Crippen LogP contribution in [0.15, 0.2) is 54.2 Å². The summed E-state index contributed by atoms with van der Waals surface area (Å²) in [4.78, 5) is 43.7. The van der Waals surface area contributed by atoms with Gasteiger partial charge in [-0.15, -0.1) is 11.3 Å². The van der Waals surface area contributed by atoms with Crippen LogP contribution >= 0.6 is 11.3 Å². The van der Waals surface area contributed by atoms with E-state index in [0.29, 0.717) is 0 Å². The first kappa shape index (κ1) is 21.1. The van der Waals surface area contributed by atoms with Crippen LogP contribution in [0, 0.1) is 10.1 Å². The Morgan fingerprint density at radius 1 is 1.17 bits per heavy atom. The minimum atomic E-state index is -0.836. The number of carbonyl (C=O) groups excluding carboxylic acids is 2. The molecule has 0 spiro atoms. The number of benzene rings is 1. The van der Waals surface area contributed by atoms with Crippen LogP contribution in [0.3, 0.4) is 0 Å². The molecule has 1 aromatic carbocycles. The summed E-state index contributed by atoms with van der Waals surface area (Å²) < 4.78 is 0. The van der Waals surface area contributed by atoms with E-state index in [-0.39, 0.29) is 23.2 Å².